The van der Waals surface area contributed by atoms with Gasteiger partial charge in [-0.25, -0.2) is 0 Å². The first kappa shape index (κ1) is 14.8. The van der Waals surface area contributed by atoms with E-state index < -0.39 is 0 Å². The van der Waals surface area contributed by atoms with E-state index >= 15 is 0 Å². The molecular weight excluding hydrogens is 268 g/mol. The first-order valence-corrected chi connectivity index (χ1v) is 8.28. The Bertz CT molecular complexity index is 408. The third-order valence-corrected chi connectivity index (χ3v) is 5.47. The highest BCUT2D eigenvalue weighted by Crippen LogP contribution is 2.34. The second kappa shape index (κ2) is 6.34. The zero-order chi connectivity index (χ0) is 14.8. The second-order valence-electron chi connectivity index (χ2n) is 6.74. The van der Waals surface area contributed by atoms with Gasteiger partial charge in [-0.3, -0.25) is 14.5 Å². The summed E-state index contributed by atoms with van der Waals surface area (Å²) in [6, 6.07) is 0.343. The minimum Gasteiger partial charge on any atom is -0.468 e. The molecule has 1 aliphatic carbocycles. The Balaban J connectivity index is 1.65. The van der Waals surface area contributed by atoms with E-state index in [1.54, 1.807) is 0 Å². The van der Waals surface area contributed by atoms with Crippen molar-refractivity contribution in [2.75, 3.05) is 33.3 Å². The summed E-state index contributed by atoms with van der Waals surface area (Å²) in [4.78, 5) is 28.4. The van der Waals surface area contributed by atoms with Gasteiger partial charge in [0.25, 0.3) is 0 Å². The van der Waals surface area contributed by atoms with Crippen LogP contribution in [-0.4, -0.2) is 61.0 Å². The number of fused-ring (bicyclic) bond motifs is 1. The molecular formula is C16H26N2O3. The number of ether oxygens (including phenoxy) is 1. The molecule has 3 aliphatic rings. The first-order valence-electron chi connectivity index (χ1n) is 8.28. The maximum atomic E-state index is 12.5. The van der Waals surface area contributed by atoms with Crippen LogP contribution in [0.2, 0.25) is 0 Å². The van der Waals surface area contributed by atoms with Crippen molar-refractivity contribution in [3.63, 3.8) is 0 Å². The Kier molecular flexibility index (Phi) is 4.48. The van der Waals surface area contributed by atoms with Crippen molar-refractivity contribution in [2.24, 2.45) is 11.8 Å². The Morgan fingerprint density at radius 1 is 1.10 bits per heavy atom. The van der Waals surface area contributed by atoms with Crippen molar-refractivity contribution >= 4 is 11.9 Å². The number of amides is 1. The van der Waals surface area contributed by atoms with E-state index in [1.807, 2.05) is 0 Å². The lowest BCUT2D eigenvalue weighted by molar-refractivity contribution is -0.142. The van der Waals surface area contributed by atoms with E-state index in [9.17, 15) is 9.59 Å². The standard InChI is InChI=1S/C16H26N2O3/c1-21-15(19)11-17-8-3-2-5-13-9-18(10-14(13)17)16(20)12-6-4-7-12/h12-14H,2-11H2,1H3/t13-,14+/m0/s1. The number of likely N-dealkylation sites (tertiary alicyclic amines) is 2. The average Bonchev–Trinajstić information content (AvgIpc) is 2.76. The fourth-order valence-corrected chi connectivity index (χ4v) is 3.96. The average molecular weight is 294 g/mol. The molecule has 2 heterocycles. The maximum absolute atomic E-state index is 12.5. The molecule has 1 saturated carbocycles. The lowest BCUT2D eigenvalue weighted by Crippen LogP contribution is -2.44. The molecule has 0 radical (unpaired) electrons. The lowest BCUT2D eigenvalue weighted by atomic mass is 9.84. The van der Waals surface area contributed by atoms with Gasteiger partial charge >= 0.3 is 5.97 Å². The summed E-state index contributed by atoms with van der Waals surface area (Å²) in [7, 11) is 1.44. The normalized spacial score (nSPS) is 30.4. The topological polar surface area (TPSA) is 49.9 Å². The van der Waals surface area contributed by atoms with Gasteiger partial charge in [0.2, 0.25) is 5.91 Å². The summed E-state index contributed by atoms with van der Waals surface area (Å²) in [6.45, 7) is 3.00. The number of esters is 1. The molecule has 118 valence electrons. The smallest absolute Gasteiger partial charge is 0.319 e. The molecule has 0 unspecified atom stereocenters. The van der Waals surface area contributed by atoms with E-state index in [0.717, 1.165) is 38.9 Å². The predicted octanol–water partition coefficient (Wildman–Crippen LogP) is 1.27. The van der Waals surface area contributed by atoms with Crippen molar-refractivity contribution < 1.29 is 14.3 Å². The number of rotatable bonds is 3. The quantitative estimate of drug-likeness (QED) is 0.736. The first-order chi connectivity index (χ1) is 10.2. The van der Waals surface area contributed by atoms with E-state index in [2.05, 4.69) is 9.80 Å². The fraction of sp³-hybridized carbons (Fsp3) is 0.875. The van der Waals surface area contributed by atoms with Crippen LogP contribution in [0.25, 0.3) is 0 Å². The number of hydrogen-bond donors (Lipinski definition) is 0. The van der Waals surface area contributed by atoms with Gasteiger partial charge in [0, 0.05) is 25.0 Å². The molecule has 0 aromatic carbocycles. The van der Waals surface area contributed by atoms with Crippen LogP contribution in [0.5, 0.6) is 0 Å². The highest BCUT2D eigenvalue weighted by Gasteiger charge is 2.42. The van der Waals surface area contributed by atoms with Gasteiger partial charge in [-0.05, 0) is 38.1 Å². The van der Waals surface area contributed by atoms with E-state index in [-0.39, 0.29) is 11.9 Å². The third kappa shape index (κ3) is 3.07. The molecule has 2 atom stereocenters. The van der Waals surface area contributed by atoms with Crippen molar-refractivity contribution in [3.8, 4) is 0 Å². The van der Waals surface area contributed by atoms with Crippen LogP contribution in [0.3, 0.4) is 0 Å². The Hall–Kier alpha value is -1.10. The molecule has 0 spiro atoms. The van der Waals surface area contributed by atoms with Gasteiger partial charge in [0.05, 0.1) is 13.7 Å². The van der Waals surface area contributed by atoms with E-state index in [4.69, 9.17) is 4.74 Å². The molecule has 3 fully saturated rings. The predicted molar refractivity (Wildman–Crippen MR) is 78.6 cm³/mol. The maximum Gasteiger partial charge on any atom is 0.319 e. The Labute approximate surface area is 126 Å². The van der Waals surface area contributed by atoms with Crippen LogP contribution < -0.4 is 0 Å². The molecule has 21 heavy (non-hydrogen) atoms. The van der Waals surface area contributed by atoms with Crippen LogP contribution >= 0.6 is 0 Å². The largest absolute Gasteiger partial charge is 0.468 e. The minimum absolute atomic E-state index is 0.167. The zero-order valence-corrected chi connectivity index (χ0v) is 12.9. The number of methoxy groups -OCH3 is 1. The van der Waals surface area contributed by atoms with Crippen molar-refractivity contribution in [2.45, 2.75) is 44.6 Å². The SMILES string of the molecule is COC(=O)CN1CCCC[C@H]2CN(C(=O)C3CCC3)C[C@H]21. The van der Waals surface area contributed by atoms with Crippen LogP contribution in [0, 0.1) is 11.8 Å². The molecule has 2 aliphatic heterocycles. The molecule has 0 aromatic heterocycles. The summed E-state index contributed by atoms with van der Waals surface area (Å²) in [5.41, 5.74) is 0. The van der Waals surface area contributed by atoms with Gasteiger partial charge in [-0.15, -0.1) is 0 Å². The van der Waals surface area contributed by atoms with Crippen molar-refractivity contribution in [1.29, 1.82) is 0 Å². The van der Waals surface area contributed by atoms with Gasteiger partial charge < -0.3 is 9.64 Å². The molecule has 0 bridgehead atoms. The molecule has 5 nitrogen and oxygen atoms in total. The molecule has 0 aromatic rings. The summed E-state index contributed by atoms with van der Waals surface area (Å²) < 4.78 is 4.82. The zero-order valence-electron chi connectivity index (χ0n) is 12.9. The van der Waals surface area contributed by atoms with Gasteiger partial charge in [-0.1, -0.05) is 12.8 Å². The number of hydrogen-bond acceptors (Lipinski definition) is 4. The van der Waals surface area contributed by atoms with Gasteiger partial charge in [0.1, 0.15) is 0 Å². The van der Waals surface area contributed by atoms with Gasteiger partial charge in [0.15, 0.2) is 0 Å². The molecule has 5 heteroatoms. The van der Waals surface area contributed by atoms with Crippen LogP contribution in [0.1, 0.15) is 38.5 Å². The van der Waals surface area contributed by atoms with Crippen molar-refractivity contribution in [1.82, 2.24) is 9.80 Å². The summed E-state index contributed by atoms with van der Waals surface area (Å²) in [5.74, 6) is 0.995. The highest BCUT2D eigenvalue weighted by atomic mass is 16.5. The number of carbonyl (C=O) groups excluding carboxylic acids is 2. The Morgan fingerprint density at radius 2 is 1.90 bits per heavy atom. The molecule has 2 saturated heterocycles. The molecule has 1 amide bonds. The summed E-state index contributed by atoms with van der Waals surface area (Å²) in [5, 5.41) is 0. The molecule has 0 N–H and O–H groups in total. The second-order valence-corrected chi connectivity index (χ2v) is 6.74. The highest BCUT2D eigenvalue weighted by molar-refractivity contribution is 5.80. The van der Waals surface area contributed by atoms with Crippen LogP contribution in [0.15, 0.2) is 0 Å². The number of carbonyl (C=O) groups is 2. The number of nitrogens with zero attached hydrogens (tertiary/aromatic N) is 2. The van der Waals surface area contributed by atoms with Crippen LogP contribution in [-0.2, 0) is 14.3 Å². The third-order valence-electron chi connectivity index (χ3n) is 5.47. The fourth-order valence-electron chi connectivity index (χ4n) is 3.96. The summed E-state index contributed by atoms with van der Waals surface area (Å²) in [6.07, 6.45) is 6.85. The van der Waals surface area contributed by atoms with Crippen molar-refractivity contribution in [3.05, 3.63) is 0 Å². The van der Waals surface area contributed by atoms with Crippen LogP contribution in [0.4, 0.5) is 0 Å². The van der Waals surface area contributed by atoms with E-state index in [1.165, 1.54) is 26.4 Å². The lowest BCUT2D eigenvalue weighted by Gasteiger charge is -2.31. The molecule has 3 rings (SSSR count). The van der Waals surface area contributed by atoms with Gasteiger partial charge in [-0.2, -0.15) is 0 Å². The Morgan fingerprint density at radius 3 is 2.57 bits per heavy atom. The monoisotopic (exact) mass is 294 g/mol. The minimum atomic E-state index is -0.167. The summed E-state index contributed by atoms with van der Waals surface area (Å²) >= 11 is 0. The van der Waals surface area contributed by atoms with E-state index in [0.29, 0.717) is 24.4 Å².